The van der Waals surface area contributed by atoms with Crippen molar-refractivity contribution >= 4 is 23.1 Å². The molecule has 2 rings (SSSR count). The minimum absolute atomic E-state index is 0.164. The summed E-state index contributed by atoms with van der Waals surface area (Å²) in [5, 5.41) is 13.1. The Hall–Kier alpha value is -1.94. The van der Waals surface area contributed by atoms with Gasteiger partial charge in [-0.3, -0.25) is 9.59 Å². The van der Waals surface area contributed by atoms with Gasteiger partial charge in [-0.1, -0.05) is 44.0 Å². The molecule has 0 saturated heterocycles. The first-order chi connectivity index (χ1) is 11.6. The van der Waals surface area contributed by atoms with Crippen LogP contribution in [0.4, 0.5) is 0 Å². The van der Waals surface area contributed by atoms with E-state index in [-0.39, 0.29) is 11.7 Å². The van der Waals surface area contributed by atoms with Gasteiger partial charge in [0.15, 0.2) is 5.78 Å². The van der Waals surface area contributed by atoms with Crippen LogP contribution in [0.2, 0.25) is 0 Å². The Morgan fingerprint density at radius 1 is 1.04 bits per heavy atom. The maximum atomic E-state index is 12.2. The van der Waals surface area contributed by atoms with Crippen molar-refractivity contribution < 1.29 is 14.7 Å². The zero-order valence-electron chi connectivity index (χ0n) is 14.0. The highest BCUT2D eigenvalue weighted by atomic mass is 32.1. The first kappa shape index (κ1) is 18.4. The second-order valence-electron chi connectivity index (χ2n) is 6.06. The molecule has 0 aliphatic carbocycles. The quantitative estimate of drug-likeness (QED) is 0.447. The van der Waals surface area contributed by atoms with Crippen LogP contribution in [0.15, 0.2) is 41.1 Å². The Bertz CT molecular complexity index is 644. The number of ketones is 1. The van der Waals surface area contributed by atoms with E-state index in [1.807, 2.05) is 36.6 Å². The summed E-state index contributed by atoms with van der Waals surface area (Å²) in [7, 11) is 0. The van der Waals surface area contributed by atoms with Gasteiger partial charge in [-0.15, -0.1) is 0 Å². The van der Waals surface area contributed by atoms with Crippen LogP contribution in [0, 0.1) is 5.92 Å². The number of hydrogen-bond acceptors (Lipinski definition) is 3. The molecule has 0 amide bonds. The number of carbonyl (C=O) groups is 2. The normalized spacial score (nSPS) is 12.0. The van der Waals surface area contributed by atoms with Gasteiger partial charge in [-0.25, -0.2) is 0 Å². The number of thiophene rings is 1. The first-order valence-electron chi connectivity index (χ1n) is 8.50. The summed E-state index contributed by atoms with van der Waals surface area (Å²) >= 11 is 1.66. The predicted molar refractivity (Wildman–Crippen MR) is 98.6 cm³/mol. The third kappa shape index (κ3) is 5.31. The smallest absolute Gasteiger partial charge is 0.306 e. The molecule has 1 N–H and O–H groups in total. The van der Waals surface area contributed by atoms with Gasteiger partial charge in [-0.05, 0) is 47.2 Å². The molecule has 1 aromatic carbocycles. The standard InChI is InChI=1S/C20H24O3S/c1-2-15(20(22)23)6-4-3-5-7-19(21)17-10-8-16(9-11-17)18-12-13-24-14-18/h8-15H,2-7H2,1H3,(H,22,23). The highest BCUT2D eigenvalue weighted by Gasteiger charge is 2.14. The van der Waals surface area contributed by atoms with Gasteiger partial charge in [0.1, 0.15) is 0 Å². The van der Waals surface area contributed by atoms with Crippen molar-refractivity contribution in [2.45, 2.75) is 45.4 Å². The fourth-order valence-electron chi connectivity index (χ4n) is 2.78. The molecular formula is C20H24O3S. The zero-order valence-corrected chi connectivity index (χ0v) is 14.8. The molecule has 2 aromatic rings. The van der Waals surface area contributed by atoms with Crippen LogP contribution in [-0.4, -0.2) is 16.9 Å². The summed E-state index contributed by atoms with van der Waals surface area (Å²) in [6.07, 6.45) is 4.50. The summed E-state index contributed by atoms with van der Waals surface area (Å²) in [4.78, 5) is 23.2. The van der Waals surface area contributed by atoms with Crippen LogP contribution in [0.3, 0.4) is 0 Å². The number of carbonyl (C=O) groups excluding carboxylic acids is 1. The number of hydrogen-bond donors (Lipinski definition) is 1. The van der Waals surface area contributed by atoms with Gasteiger partial charge < -0.3 is 5.11 Å². The largest absolute Gasteiger partial charge is 0.481 e. The molecule has 128 valence electrons. The van der Waals surface area contributed by atoms with Gasteiger partial charge in [-0.2, -0.15) is 11.3 Å². The molecule has 1 heterocycles. The maximum absolute atomic E-state index is 12.2. The fourth-order valence-corrected chi connectivity index (χ4v) is 3.44. The summed E-state index contributed by atoms with van der Waals surface area (Å²) in [6.45, 7) is 1.90. The molecule has 0 saturated carbocycles. The molecule has 4 heteroatoms. The molecule has 0 aliphatic rings. The van der Waals surface area contributed by atoms with Crippen LogP contribution in [0.5, 0.6) is 0 Å². The third-order valence-electron chi connectivity index (χ3n) is 4.36. The number of Topliss-reactive ketones (excluding diaryl/α,β-unsaturated/α-hetero) is 1. The molecule has 0 radical (unpaired) electrons. The lowest BCUT2D eigenvalue weighted by molar-refractivity contribution is -0.142. The molecule has 24 heavy (non-hydrogen) atoms. The van der Waals surface area contributed by atoms with Crippen molar-refractivity contribution in [3.63, 3.8) is 0 Å². The van der Waals surface area contributed by atoms with E-state index in [1.165, 1.54) is 5.56 Å². The topological polar surface area (TPSA) is 54.4 Å². The van der Waals surface area contributed by atoms with Crippen molar-refractivity contribution in [2.75, 3.05) is 0 Å². The van der Waals surface area contributed by atoms with Crippen molar-refractivity contribution in [1.29, 1.82) is 0 Å². The SMILES string of the molecule is CCC(CCCCCC(=O)c1ccc(-c2ccsc2)cc1)C(=O)O. The van der Waals surface area contributed by atoms with Gasteiger partial charge in [0.05, 0.1) is 5.92 Å². The average molecular weight is 344 g/mol. The number of unbranched alkanes of at least 4 members (excludes halogenated alkanes) is 2. The van der Waals surface area contributed by atoms with Crippen LogP contribution >= 0.6 is 11.3 Å². The second kappa shape index (κ2) is 9.38. The molecular weight excluding hydrogens is 320 g/mol. The molecule has 3 nitrogen and oxygen atoms in total. The highest BCUT2D eigenvalue weighted by Crippen LogP contribution is 2.23. The minimum Gasteiger partial charge on any atom is -0.481 e. The Kier molecular flexibility index (Phi) is 7.19. The van der Waals surface area contributed by atoms with Crippen LogP contribution in [-0.2, 0) is 4.79 Å². The lowest BCUT2D eigenvalue weighted by Gasteiger charge is -2.08. The summed E-state index contributed by atoms with van der Waals surface area (Å²) in [5.41, 5.74) is 3.07. The van der Waals surface area contributed by atoms with E-state index in [4.69, 9.17) is 5.11 Å². The molecule has 1 aromatic heterocycles. The molecule has 0 fully saturated rings. The van der Waals surface area contributed by atoms with Gasteiger partial charge in [0.25, 0.3) is 0 Å². The minimum atomic E-state index is -0.709. The fraction of sp³-hybridized carbons (Fsp3) is 0.400. The molecule has 0 aliphatic heterocycles. The van der Waals surface area contributed by atoms with E-state index in [2.05, 4.69) is 11.4 Å². The number of carboxylic acid groups (broad SMARTS) is 1. The van der Waals surface area contributed by atoms with Crippen LogP contribution in [0.25, 0.3) is 11.1 Å². The predicted octanol–water partition coefficient (Wildman–Crippen LogP) is 5.66. The number of carboxylic acids is 1. The lowest BCUT2D eigenvalue weighted by atomic mass is 9.97. The van der Waals surface area contributed by atoms with Gasteiger partial charge in [0, 0.05) is 12.0 Å². The van der Waals surface area contributed by atoms with Crippen LogP contribution in [0.1, 0.15) is 55.8 Å². The van der Waals surface area contributed by atoms with Crippen molar-refractivity contribution in [3.05, 3.63) is 46.7 Å². The van der Waals surface area contributed by atoms with Crippen molar-refractivity contribution in [3.8, 4) is 11.1 Å². The summed E-state index contributed by atoms with van der Waals surface area (Å²) in [5.74, 6) is -0.790. The summed E-state index contributed by atoms with van der Waals surface area (Å²) in [6, 6.07) is 9.85. The molecule has 0 spiro atoms. The monoisotopic (exact) mass is 344 g/mol. The average Bonchev–Trinajstić information content (AvgIpc) is 3.12. The Balaban J connectivity index is 1.74. The maximum Gasteiger partial charge on any atom is 0.306 e. The third-order valence-corrected chi connectivity index (χ3v) is 5.04. The highest BCUT2D eigenvalue weighted by molar-refractivity contribution is 7.08. The van der Waals surface area contributed by atoms with Crippen molar-refractivity contribution in [2.24, 2.45) is 5.92 Å². The molecule has 1 unspecified atom stereocenters. The summed E-state index contributed by atoms with van der Waals surface area (Å²) < 4.78 is 0. The first-order valence-corrected chi connectivity index (χ1v) is 9.44. The molecule has 1 atom stereocenters. The lowest BCUT2D eigenvalue weighted by Crippen LogP contribution is -2.12. The van der Waals surface area contributed by atoms with Crippen molar-refractivity contribution in [1.82, 2.24) is 0 Å². The van der Waals surface area contributed by atoms with E-state index in [0.717, 1.165) is 30.4 Å². The van der Waals surface area contributed by atoms with E-state index in [0.29, 0.717) is 19.3 Å². The second-order valence-corrected chi connectivity index (χ2v) is 6.84. The number of rotatable bonds is 10. The Labute approximate surface area is 147 Å². The zero-order chi connectivity index (χ0) is 17.4. The van der Waals surface area contributed by atoms with E-state index in [9.17, 15) is 9.59 Å². The Morgan fingerprint density at radius 3 is 2.38 bits per heavy atom. The Morgan fingerprint density at radius 2 is 1.79 bits per heavy atom. The number of benzene rings is 1. The van der Waals surface area contributed by atoms with E-state index in [1.54, 1.807) is 11.3 Å². The van der Waals surface area contributed by atoms with Crippen LogP contribution < -0.4 is 0 Å². The van der Waals surface area contributed by atoms with Gasteiger partial charge >= 0.3 is 5.97 Å². The van der Waals surface area contributed by atoms with E-state index < -0.39 is 5.97 Å². The van der Waals surface area contributed by atoms with Gasteiger partial charge in [0.2, 0.25) is 0 Å². The van der Waals surface area contributed by atoms with E-state index >= 15 is 0 Å². The number of aliphatic carboxylic acids is 1. The molecule has 0 bridgehead atoms.